The molecule has 1 N–H and O–H groups in total. The predicted octanol–water partition coefficient (Wildman–Crippen LogP) is 4.43. The smallest absolute Gasteiger partial charge is 0.262 e. The van der Waals surface area contributed by atoms with Crippen molar-refractivity contribution in [3.8, 4) is 5.75 Å². The number of nitrogens with one attached hydrogen (secondary N) is 1. The summed E-state index contributed by atoms with van der Waals surface area (Å²) in [5, 5.41) is 3.27. The van der Waals surface area contributed by atoms with Crippen molar-refractivity contribution in [3.05, 3.63) is 57.5 Å². The highest BCUT2D eigenvalue weighted by molar-refractivity contribution is 9.10. The van der Waals surface area contributed by atoms with Crippen molar-refractivity contribution < 1.29 is 9.53 Å². The van der Waals surface area contributed by atoms with Gasteiger partial charge in [0.1, 0.15) is 5.75 Å². The van der Waals surface area contributed by atoms with Crippen LogP contribution in [0.2, 0.25) is 5.02 Å². The number of aryl methyl sites for hydroxylation is 1. The van der Waals surface area contributed by atoms with Gasteiger partial charge in [-0.3, -0.25) is 4.79 Å². The lowest BCUT2D eigenvalue weighted by molar-refractivity contribution is -0.118. The van der Waals surface area contributed by atoms with Crippen LogP contribution >= 0.6 is 27.5 Å². The Morgan fingerprint density at radius 2 is 2.10 bits per heavy atom. The van der Waals surface area contributed by atoms with Crippen LogP contribution in [0.5, 0.6) is 5.75 Å². The summed E-state index contributed by atoms with van der Waals surface area (Å²) < 4.78 is 6.21. The van der Waals surface area contributed by atoms with Gasteiger partial charge in [0.05, 0.1) is 5.02 Å². The van der Waals surface area contributed by atoms with Crippen LogP contribution in [0.25, 0.3) is 0 Å². The van der Waals surface area contributed by atoms with Gasteiger partial charge in [0.25, 0.3) is 5.91 Å². The Balaban J connectivity index is 1.91. The lowest BCUT2D eigenvalue weighted by atomic mass is 10.2. The molecule has 2 rings (SSSR count). The zero-order valence-corrected chi connectivity index (χ0v) is 13.2. The number of rotatable bonds is 4. The Hall–Kier alpha value is -1.52. The van der Waals surface area contributed by atoms with Gasteiger partial charge in [-0.15, -0.1) is 0 Å². The third-order valence-electron chi connectivity index (χ3n) is 2.56. The highest BCUT2D eigenvalue weighted by Crippen LogP contribution is 2.25. The number of hydrogen-bond donors (Lipinski definition) is 1. The van der Waals surface area contributed by atoms with E-state index in [-0.39, 0.29) is 12.5 Å². The van der Waals surface area contributed by atoms with Crippen LogP contribution in [0.4, 0.5) is 5.69 Å². The molecule has 104 valence electrons. The lowest BCUT2D eigenvalue weighted by Crippen LogP contribution is -2.20. The molecule has 0 aliphatic heterocycles. The van der Waals surface area contributed by atoms with Gasteiger partial charge in [-0.25, -0.2) is 0 Å². The maximum Gasteiger partial charge on any atom is 0.262 e. The topological polar surface area (TPSA) is 38.3 Å². The van der Waals surface area contributed by atoms with E-state index < -0.39 is 0 Å². The Kier molecular flexibility index (Phi) is 5.04. The van der Waals surface area contributed by atoms with Gasteiger partial charge in [0.15, 0.2) is 6.61 Å². The van der Waals surface area contributed by atoms with E-state index in [4.69, 9.17) is 16.3 Å². The van der Waals surface area contributed by atoms with E-state index in [9.17, 15) is 4.79 Å². The quantitative estimate of drug-likeness (QED) is 0.882. The number of carbonyl (C=O) groups excluding carboxylic acids is 1. The molecule has 0 radical (unpaired) electrons. The monoisotopic (exact) mass is 353 g/mol. The number of halogens is 2. The summed E-state index contributed by atoms with van der Waals surface area (Å²) in [6.07, 6.45) is 0. The first-order valence-corrected chi connectivity index (χ1v) is 7.16. The molecule has 2 aromatic carbocycles. The SMILES string of the molecule is Cc1cccc(OCC(=O)Nc2ccc(Br)c(Cl)c2)c1. The normalized spacial score (nSPS) is 10.2. The summed E-state index contributed by atoms with van der Waals surface area (Å²) in [5.41, 5.74) is 1.72. The molecule has 5 heteroatoms. The van der Waals surface area contributed by atoms with E-state index >= 15 is 0 Å². The van der Waals surface area contributed by atoms with Gasteiger partial charge in [-0.05, 0) is 58.7 Å². The molecule has 0 heterocycles. The molecular formula is C15H13BrClNO2. The third-order valence-corrected chi connectivity index (χ3v) is 3.80. The Morgan fingerprint density at radius 1 is 1.30 bits per heavy atom. The van der Waals surface area contributed by atoms with Gasteiger partial charge in [-0.2, -0.15) is 0 Å². The average Bonchev–Trinajstić information content (AvgIpc) is 2.41. The fraction of sp³-hybridized carbons (Fsp3) is 0.133. The minimum Gasteiger partial charge on any atom is -0.484 e. The van der Waals surface area contributed by atoms with Gasteiger partial charge in [0.2, 0.25) is 0 Å². The Morgan fingerprint density at radius 3 is 2.80 bits per heavy atom. The van der Waals surface area contributed by atoms with Crippen LogP contribution in [0, 0.1) is 6.92 Å². The highest BCUT2D eigenvalue weighted by Gasteiger charge is 2.05. The summed E-state index contributed by atoms with van der Waals surface area (Å²) in [5.74, 6) is 0.443. The number of benzene rings is 2. The third kappa shape index (κ3) is 4.25. The second-order valence-electron chi connectivity index (χ2n) is 4.28. The maximum absolute atomic E-state index is 11.8. The molecule has 0 aliphatic carbocycles. The number of ether oxygens (including phenoxy) is 1. The van der Waals surface area contributed by atoms with Gasteiger partial charge < -0.3 is 10.1 Å². The number of anilines is 1. The standard InChI is InChI=1S/C15H13BrClNO2/c1-10-3-2-4-12(7-10)20-9-15(19)18-11-5-6-13(16)14(17)8-11/h2-8H,9H2,1H3,(H,18,19). The van der Waals surface area contributed by atoms with Gasteiger partial charge >= 0.3 is 0 Å². The van der Waals surface area contributed by atoms with Crippen molar-refractivity contribution in [2.24, 2.45) is 0 Å². The molecule has 0 saturated heterocycles. The van der Waals surface area contributed by atoms with Crippen LogP contribution < -0.4 is 10.1 Å². The molecule has 20 heavy (non-hydrogen) atoms. The van der Waals surface area contributed by atoms with E-state index in [2.05, 4.69) is 21.2 Å². The van der Waals surface area contributed by atoms with Gasteiger partial charge in [0, 0.05) is 10.2 Å². The van der Waals surface area contributed by atoms with Crippen molar-refractivity contribution in [3.63, 3.8) is 0 Å². The summed E-state index contributed by atoms with van der Waals surface area (Å²) in [7, 11) is 0. The van der Waals surface area contributed by atoms with E-state index in [0.29, 0.717) is 16.5 Å². The van der Waals surface area contributed by atoms with Crippen molar-refractivity contribution >= 4 is 39.1 Å². The van der Waals surface area contributed by atoms with Crippen molar-refractivity contribution in [1.29, 1.82) is 0 Å². The first-order chi connectivity index (χ1) is 9.54. The summed E-state index contributed by atoms with van der Waals surface area (Å²) >= 11 is 9.25. The second-order valence-corrected chi connectivity index (χ2v) is 5.54. The van der Waals surface area contributed by atoms with Crippen LogP contribution in [0.3, 0.4) is 0 Å². The summed E-state index contributed by atoms with van der Waals surface area (Å²) in [4.78, 5) is 11.8. The highest BCUT2D eigenvalue weighted by atomic mass is 79.9. The van der Waals surface area contributed by atoms with Crippen molar-refractivity contribution in [2.45, 2.75) is 6.92 Å². The first kappa shape index (κ1) is 14.9. The van der Waals surface area contributed by atoms with Crippen LogP contribution in [-0.2, 0) is 4.79 Å². The van der Waals surface area contributed by atoms with Crippen LogP contribution in [0.1, 0.15) is 5.56 Å². The molecule has 0 aliphatic rings. The minimum absolute atomic E-state index is 0.0445. The lowest BCUT2D eigenvalue weighted by Gasteiger charge is -2.08. The number of carbonyl (C=O) groups is 1. The first-order valence-electron chi connectivity index (χ1n) is 5.99. The zero-order valence-electron chi connectivity index (χ0n) is 10.8. The van der Waals surface area contributed by atoms with Crippen molar-refractivity contribution in [2.75, 3.05) is 11.9 Å². The molecule has 2 aromatic rings. The van der Waals surface area contributed by atoms with Crippen LogP contribution in [-0.4, -0.2) is 12.5 Å². The molecule has 0 fully saturated rings. The van der Waals surface area contributed by atoms with Gasteiger partial charge in [-0.1, -0.05) is 23.7 Å². The zero-order chi connectivity index (χ0) is 14.5. The second kappa shape index (κ2) is 6.77. The van der Waals surface area contributed by atoms with Crippen LogP contribution in [0.15, 0.2) is 46.9 Å². The minimum atomic E-state index is -0.232. The molecule has 0 saturated carbocycles. The number of amides is 1. The molecule has 1 amide bonds. The Bertz CT molecular complexity index is 631. The molecule has 3 nitrogen and oxygen atoms in total. The largest absolute Gasteiger partial charge is 0.484 e. The number of hydrogen-bond acceptors (Lipinski definition) is 2. The van der Waals surface area contributed by atoms with E-state index in [1.165, 1.54) is 0 Å². The predicted molar refractivity (Wildman–Crippen MR) is 84.5 cm³/mol. The summed E-state index contributed by atoms with van der Waals surface area (Å²) in [6, 6.07) is 12.8. The molecule has 0 spiro atoms. The van der Waals surface area contributed by atoms with E-state index in [1.807, 2.05) is 31.2 Å². The molecule has 0 aromatic heterocycles. The fourth-order valence-corrected chi connectivity index (χ4v) is 2.05. The fourth-order valence-electron chi connectivity index (χ4n) is 1.62. The molecule has 0 atom stereocenters. The van der Waals surface area contributed by atoms with Crippen molar-refractivity contribution in [1.82, 2.24) is 0 Å². The van der Waals surface area contributed by atoms with E-state index in [1.54, 1.807) is 18.2 Å². The summed E-state index contributed by atoms with van der Waals surface area (Å²) in [6.45, 7) is 1.92. The Labute approximate surface area is 131 Å². The average molecular weight is 355 g/mol. The van der Waals surface area contributed by atoms with E-state index in [0.717, 1.165) is 10.0 Å². The molecule has 0 unspecified atom stereocenters. The maximum atomic E-state index is 11.8. The molecule has 0 bridgehead atoms. The molecular weight excluding hydrogens is 342 g/mol.